The van der Waals surface area contributed by atoms with Gasteiger partial charge in [-0.2, -0.15) is 5.10 Å². The molecule has 0 aliphatic carbocycles. The molecule has 0 N–H and O–H groups in total. The number of alkyl halides is 5. The van der Waals surface area contributed by atoms with Gasteiger partial charge in [0.05, 0.1) is 0 Å². The minimum absolute atomic E-state index is 0.115. The summed E-state index contributed by atoms with van der Waals surface area (Å²) < 4.78 is -3.46. The van der Waals surface area contributed by atoms with Crippen molar-refractivity contribution in [3.8, 4) is 0 Å². The highest BCUT2D eigenvalue weighted by molar-refractivity contribution is 6.75. The summed E-state index contributed by atoms with van der Waals surface area (Å²) >= 11 is 29.2. The van der Waals surface area contributed by atoms with E-state index in [-0.39, 0.29) is 6.17 Å². The van der Waals surface area contributed by atoms with Gasteiger partial charge in [0.25, 0.3) is 0 Å². The quantitative estimate of drug-likeness (QED) is 0.575. The minimum atomic E-state index is -1.82. The first kappa shape index (κ1) is 13.8. The SMILES string of the molecule is CCC1N(C)N=CN1C(Cl)(Cl)C(Cl)(Cl)Cl. The Morgan fingerprint density at radius 1 is 1.27 bits per heavy atom. The largest absolute Gasteiger partial charge is 0.304 e. The maximum absolute atomic E-state index is 6.04. The Morgan fingerprint density at radius 3 is 2.20 bits per heavy atom. The third-order valence-corrected chi connectivity index (χ3v) is 4.50. The molecule has 0 aromatic rings. The fraction of sp³-hybridized carbons (Fsp3) is 0.857. The van der Waals surface area contributed by atoms with Crippen LogP contribution in [0, 0.1) is 0 Å². The van der Waals surface area contributed by atoms with E-state index in [2.05, 4.69) is 5.10 Å². The molecule has 0 spiro atoms. The fourth-order valence-corrected chi connectivity index (χ4v) is 1.94. The van der Waals surface area contributed by atoms with Crippen LogP contribution < -0.4 is 0 Å². The summed E-state index contributed by atoms with van der Waals surface area (Å²) in [5.41, 5.74) is 0. The summed E-state index contributed by atoms with van der Waals surface area (Å²) in [4.78, 5) is 1.52. The van der Waals surface area contributed by atoms with E-state index < -0.39 is 8.25 Å². The molecule has 1 aliphatic heterocycles. The van der Waals surface area contributed by atoms with E-state index >= 15 is 0 Å². The molecule has 0 saturated carbocycles. The van der Waals surface area contributed by atoms with Gasteiger partial charge in [-0.25, -0.2) is 0 Å². The lowest BCUT2D eigenvalue weighted by molar-refractivity contribution is 0.135. The molecule has 0 fully saturated rings. The Kier molecular flexibility index (Phi) is 4.17. The van der Waals surface area contributed by atoms with Gasteiger partial charge in [-0.05, 0) is 6.42 Å². The van der Waals surface area contributed by atoms with Crippen molar-refractivity contribution in [1.82, 2.24) is 9.91 Å². The monoisotopic (exact) mass is 311 g/mol. The van der Waals surface area contributed by atoms with Gasteiger partial charge in [0.1, 0.15) is 12.5 Å². The lowest BCUT2D eigenvalue weighted by Crippen LogP contribution is -2.53. The predicted octanol–water partition coefficient (Wildman–Crippen LogP) is 3.41. The second-order valence-corrected chi connectivity index (χ2v) is 6.71. The van der Waals surface area contributed by atoms with Crippen LogP contribution in [-0.2, 0) is 0 Å². The van der Waals surface area contributed by atoms with Gasteiger partial charge in [0.2, 0.25) is 8.25 Å². The van der Waals surface area contributed by atoms with Gasteiger partial charge in [-0.1, -0.05) is 64.9 Å². The summed E-state index contributed by atoms with van der Waals surface area (Å²) in [6, 6.07) is 0. The van der Waals surface area contributed by atoms with Gasteiger partial charge in [0.15, 0.2) is 0 Å². The van der Waals surface area contributed by atoms with Gasteiger partial charge >= 0.3 is 0 Å². The second-order valence-electron chi connectivity index (χ2n) is 3.14. The number of hydrazone groups is 1. The van der Waals surface area contributed by atoms with Gasteiger partial charge in [-0.15, -0.1) is 0 Å². The van der Waals surface area contributed by atoms with Crippen molar-refractivity contribution >= 4 is 64.3 Å². The van der Waals surface area contributed by atoms with Crippen LogP contribution >= 0.6 is 58.0 Å². The molecule has 0 aromatic heterocycles. The van der Waals surface area contributed by atoms with Crippen LogP contribution in [0.2, 0.25) is 0 Å². The number of nitrogens with zero attached hydrogens (tertiary/aromatic N) is 3. The van der Waals surface area contributed by atoms with Gasteiger partial charge < -0.3 is 4.90 Å². The highest BCUT2D eigenvalue weighted by Crippen LogP contribution is 2.49. The molecule has 0 bridgehead atoms. The lowest BCUT2D eigenvalue weighted by atomic mass is 10.3. The minimum Gasteiger partial charge on any atom is -0.304 e. The molecule has 8 heteroatoms. The molecule has 0 aromatic carbocycles. The van der Waals surface area contributed by atoms with Crippen LogP contribution in [0.5, 0.6) is 0 Å². The average Bonchev–Trinajstić information content (AvgIpc) is 2.44. The molecule has 0 saturated heterocycles. The standard InChI is InChI=1S/C7H10Cl5N3/c1-3-5-14(2)13-4-15(5)7(11,12)6(8,9)10/h4-5H,3H2,1-2H3. The molecular formula is C7H10Cl5N3. The van der Waals surface area contributed by atoms with Gasteiger partial charge in [-0.3, -0.25) is 5.01 Å². The Bertz CT molecular complexity index is 262. The van der Waals surface area contributed by atoms with E-state index in [1.165, 1.54) is 11.2 Å². The van der Waals surface area contributed by atoms with Crippen molar-refractivity contribution in [2.75, 3.05) is 7.05 Å². The molecule has 1 heterocycles. The molecule has 3 nitrogen and oxygen atoms in total. The average molecular weight is 313 g/mol. The van der Waals surface area contributed by atoms with Gasteiger partial charge in [0, 0.05) is 7.05 Å². The van der Waals surface area contributed by atoms with Crippen molar-refractivity contribution in [2.24, 2.45) is 5.10 Å². The topological polar surface area (TPSA) is 18.8 Å². The normalized spacial score (nSPS) is 22.7. The molecule has 15 heavy (non-hydrogen) atoms. The Labute approximate surface area is 114 Å². The summed E-state index contributed by atoms with van der Waals surface area (Å²) in [5.74, 6) is 0. The number of hydrogen-bond acceptors (Lipinski definition) is 3. The molecule has 1 unspecified atom stereocenters. The number of rotatable bonds is 2. The van der Waals surface area contributed by atoms with Crippen molar-refractivity contribution in [3.63, 3.8) is 0 Å². The van der Waals surface area contributed by atoms with Crippen LogP contribution in [0.3, 0.4) is 0 Å². The maximum Gasteiger partial charge on any atom is 0.241 e. The zero-order chi connectivity index (χ0) is 11.9. The fourth-order valence-electron chi connectivity index (χ4n) is 1.34. The van der Waals surface area contributed by atoms with Crippen molar-refractivity contribution in [1.29, 1.82) is 0 Å². The van der Waals surface area contributed by atoms with Crippen molar-refractivity contribution < 1.29 is 0 Å². The third kappa shape index (κ3) is 2.52. The van der Waals surface area contributed by atoms with Crippen molar-refractivity contribution in [2.45, 2.75) is 27.8 Å². The zero-order valence-corrected chi connectivity index (χ0v) is 11.9. The molecule has 1 rings (SSSR count). The van der Waals surface area contributed by atoms with Crippen LogP contribution in [0.4, 0.5) is 0 Å². The Balaban J connectivity index is 2.93. The zero-order valence-electron chi connectivity index (χ0n) is 8.09. The van der Waals surface area contributed by atoms with Crippen molar-refractivity contribution in [3.05, 3.63) is 0 Å². The molecule has 1 atom stereocenters. The Hall–Kier alpha value is 0.720. The summed E-state index contributed by atoms with van der Waals surface area (Å²) in [6.07, 6.45) is 2.10. The summed E-state index contributed by atoms with van der Waals surface area (Å²) in [5, 5.41) is 5.74. The highest BCUT2D eigenvalue weighted by atomic mass is 35.6. The lowest BCUT2D eigenvalue weighted by Gasteiger charge is -2.39. The molecular weight excluding hydrogens is 303 g/mol. The molecule has 1 aliphatic rings. The van der Waals surface area contributed by atoms with E-state index in [9.17, 15) is 0 Å². The van der Waals surface area contributed by atoms with E-state index in [1.54, 1.807) is 12.1 Å². The predicted molar refractivity (Wildman–Crippen MR) is 66.9 cm³/mol. The van der Waals surface area contributed by atoms with E-state index in [1.807, 2.05) is 6.92 Å². The highest BCUT2D eigenvalue weighted by Gasteiger charge is 2.53. The number of hydrogen-bond donors (Lipinski definition) is 0. The van der Waals surface area contributed by atoms with E-state index in [0.717, 1.165) is 6.42 Å². The third-order valence-electron chi connectivity index (χ3n) is 2.14. The second kappa shape index (κ2) is 4.53. The van der Waals surface area contributed by atoms with E-state index in [4.69, 9.17) is 58.0 Å². The van der Waals surface area contributed by atoms with Crippen LogP contribution in [-0.4, -0.2) is 37.7 Å². The first-order chi connectivity index (χ1) is 6.71. The summed E-state index contributed by atoms with van der Waals surface area (Å²) in [7, 11) is 1.80. The summed E-state index contributed by atoms with van der Waals surface area (Å²) in [6.45, 7) is 1.96. The molecule has 88 valence electrons. The number of halogens is 5. The van der Waals surface area contributed by atoms with E-state index in [0.29, 0.717) is 0 Å². The first-order valence-electron chi connectivity index (χ1n) is 4.21. The van der Waals surface area contributed by atoms with Crippen LogP contribution in [0.15, 0.2) is 5.10 Å². The van der Waals surface area contributed by atoms with Crippen LogP contribution in [0.1, 0.15) is 13.3 Å². The van der Waals surface area contributed by atoms with Crippen LogP contribution in [0.25, 0.3) is 0 Å². The maximum atomic E-state index is 6.04. The Morgan fingerprint density at radius 2 is 1.80 bits per heavy atom. The first-order valence-corrected chi connectivity index (χ1v) is 6.10. The molecule has 0 amide bonds. The molecule has 0 radical (unpaired) electrons. The smallest absolute Gasteiger partial charge is 0.241 e.